The van der Waals surface area contributed by atoms with Crippen molar-refractivity contribution in [2.75, 3.05) is 0 Å². The smallest absolute Gasteiger partial charge is 0.254 e. The highest BCUT2D eigenvalue weighted by Crippen LogP contribution is 2.22. The molecule has 0 saturated carbocycles. The standard InChI is InChI=1S/C28H27F2N3O3S/c1-20(2)32(27(34)23-9-6-10-25(30)15-23)18-26-16-31-28(33(26)17-21-7-4-3-5-8-21)37(35,36)19-22-11-13-24(29)14-12-22/h3-16,20H,17-19H2,1-2H3. The zero-order valence-electron chi connectivity index (χ0n) is 20.5. The Kier molecular flexibility index (Phi) is 7.83. The maximum absolute atomic E-state index is 13.8. The maximum Gasteiger partial charge on any atom is 0.254 e. The first kappa shape index (κ1) is 26.2. The summed E-state index contributed by atoms with van der Waals surface area (Å²) in [6.45, 7) is 3.95. The second-order valence-electron chi connectivity index (χ2n) is 9.03. The first-order valence-corrected chi connectivity index (χ1v) is 13.4. The van der Waals surface area contributed by atoms with Crippen LogP contribution < -0.4 is 0 Å². The first-order chi connectivity index (χ1) is 17.6. The molecule has 0 unspecified atom stereocenters. The quantitative estimate of drug-likeness (QED) is 0.301. The van der Waals surface area contributed by atoms with Gasteiger partial charge in [-0.2, -0.15) is 0 Å². The molecule has 0 atom stereocenters. The summed E-state index contributed by atoms with van der Waals surface area (Å²) in [7, 11) is -3.91. The average Bonchev–Trinajstić information content (AvgIpc) is 3.27. The van der Waals surface area contributed by atoms with Gasteiger partial charge in [-0.3, -0.25) is 4.79 Å². The molecule has 9 heteroatoms. The van der Waals surface area contributed by atoms with E-state index in [2.05, 4.69) is 4.98 Å². The highest BCUT2D eigenvalue weighted by Gasteiger charge is 2.27. The van der Waals surface area contributed by atoms with Crippen LogP contribution in [0.15, 0.2) is 90.2 Å². The number of aromatic nitrogens is 2. The fourth-order valence-corrected chi connectivity index (χ4v) is 5.51. The Morgan fingerprint density at radius 1 is 0.919 bits per heavy atom. The van der Waals surface area contributed by atoms with Crippen LogP contribution in [0.3, 0.4) is 0 Å². The minimum absolute atomic E-state index is 0.0684. The lowest BCUT2D eigenvalue weighted by atomic mass is 10.1. The normalized spacial score (nSPS) is 11.6. The molecule has 0 N–H and O–H groups in total. The van der Waals surface area contributed by atoms with Gasteiger partial charge in [0.15, 0.2) is 0 Å². The SMILES string of the molecule is CC(C)N(Cc1cnc(S(=O)(=O)Cc2ccc(F)cc2)n1Cc1ccccc1)C(=O)c1cccc(F)c1. The van der Waals surface area contributed by atoms with E-state index in [-0.39, 0.29) is 41.5 Å². The Hall–Kier alpha value is -3.85. The van der Waals surface area contributed by atoms with Crippen molar-refractivity contribution in [3.63, 3.8) is 0 Å². The van der Waals surface area contributed by atoms with Crippen molar-refractivity contribution in [3.8, 4) is 0 Å². The number of hydrogen-bond donors (Lipinski definition) is 0. The number of nitrogens with zero attached hydrogens (tertiary/aromatic N) is 3. The van der Waals surface area contributed by atoms with Crippen molar-refractivity contribution >= 4 is 15.7 Å². The van der Waals surface area contributed by atoms with Crippen molar-refractivity contribution < 1.29 is 22.0 Å². The zero-order valence-corrected chi connectivity index (χ0v) is 21.3. The number of halogens is 2. The number of rotatable bonds is 9. The molecule has 37 heavy (non-hydrogen) atoms. The first-order valence-electron chi connectivity index (χ1n) is 11.8. The summed E-state index contributed by atoms with van der Waals surface area (Å²) >= 11 is 0. The third-order valence-electron chi connectivity index (χ3n) is 5.92. The van der Waals surface area contributed by atoms with Crippen molar-refractivity contribution in [1.82, 2.24) is 14.5 Å². The lowest BCUT2D eigenvalue weighted by molar-refractivity contribution is 0.0685. The van der Waals surface area contributed by atoms with E-state index in [9.17, 15) is 22.0 Å². The van der Waals surface area contributed by atoms with Crippen LogP contribution in [0.25, 0.3) is 0 Å². The molecule has 6 nitrogen and oxygen atoms in total. The second kappa shape index (κ2) is 11.0. The molecular weight excluding hydrogens is 496 g/mol. The molecule has 1 heterocycles. The summed E-state index contributed by atoms with van der Waals surface area (Å²) < 4.78 is 55.6. The van der Waals surface area contributed by atoms with E-state index in [4.69, 9.17) is 0 Å². The zero-order chi connectivity index (χ0) is 26.6. The minimum Gasteiger partial charge on any atom is -0.330 e. The lowest BCUT2D eigenvalue weighted by Crippen LogP contribution is -2.37. The van der Waals surface area contributed by atoms with Crippen LogP contribution in [0.5, 0.6) is 0 Å². The van der Waals surface area contributed by atoms with Crippen LogP contribution in [0, 0.1) is 11.6 Å². The predicted octanol–water partition coefficient (Wildman–Crippen LogP) is 5.23. The van der Waals surface area contributed by atoms with E-state index in [0.717, 1.165) is 5.56 Å². The van der Waals surface area contributed by atoms with E-state index in [1.165, 1.54) is 48.7 Å². The van der Waals surface area contributed by atoms with Gasteiger partial charge in [0.1, 0.15) is 11.6 Å². The van der Waals surface area contributed by atoms with Gasteiger partial charge in [0, 0.05) is 11.6 Å². The van der Waals surface area contributed by atoms with Gasteiger partial charge in [0.25, 0.3) is 5.91 Å². The molecule has 0 fully saturated rings. The summed E-state index contributed by atoms with van der Waals surface area (Å²) in [5, 5.41) is -0.141. The molecule has 4 aromatic rings. The highest BCUT2D eigenvalue weighted by atomic mass is 32.2. The van der Waals surface area contributed by atoms with Crippen LogP contribution in [0.2, 0.25) is 0 Å². The number of sulfone groups is 1. The Morgan fingerprint density at radius 3 is 2.27 bits per heavy atom. The van der Waals surface area contributed by atoms with Gasteiger partial charge in [0.2, 0.25) is 15.0 Å². The molecule has 192 valence electrons. The Bertz CT molecular complexity index is 1480. The summed E-state index contributed by atoms with van der Waals surface area (Å²) in [5.41, 5.74) is 2.00. The van der Waals surface area contributed by atoms with E-state index < -0.39 is 21.5 Å². The van der Waals surface area contributed by atoms with Gasteiger partial charge in [-0.15, -0.1) is 0 Å². The van der Waals surface area contributed by atoms with Crippen LogP contribution in [0.1, 0.15) is 41.0 Å². The number of benzene rings is 3. The molecule has 3 aromatic carbocycles. The Balaban J connectivity index is 1.72. The predicted molar refractivity (Wildman–Crippen MR) is 136 cm³/mol. The van der Waals surface area contributed by atoms with Gasteiger partial charge < -0.3 is 9.47 Å². The second-order valence-corrected chi connectivity index (χ2v) is 10.9. The summed E-state index contributed by atoms with van der Waals surface area (Å²) in [5.74, 6) is -1.70. The van der Waals surface area contributed by atoms with E-state index >= 15 is 0 Å². The van der Waals surface area contributed by atoms with Crippen LogP contribution in [0.4, 0.5) is 8.78 Å². The monoisotopic (exact) mass is 523 g/mol. The van der Waals surface area contributed by atoms with Crippen molar-refractivity contribution in [3.05, 3.63) is 119 Å². The number of carbonyl (C=O) groups excluding carboxylic acids is 1. The molecule has 4 rings (SSSR count). The highest BCUT2D eigenvalue weighted by molar-refractivity contribution is 7.90. The topological polar surface area (TPSA) is 72.3 Å². The number of hydrogen-bond acceptors (Lipinski definition) is 4. The van der Waals surface area contributed by atoms with Gasteiger partial charge in [-0.25, -0.2) is 22.2 Å². The third-order valence-corrected chi connectivity index (χ3v) is 7.52. The van der Waals surface area contributed by atoms with Gasteiger partial charge >= 0.3 is 0 Å². The van der Waals surface area contributed by atoms with Gasteiger partial charge in [-0.05, 0) is 55.3 Å². The Morgan fingerprint density at radius 2 is 1.62 bits per heavy atom. The number of amides is 1. The van der Waals surface area contributed by atoms with Gasteiger partial charge in [0.05, 0.1) is 30.7 Å². The molecule has 0 spiro atoms. The molecular formula is C28H27F2N3O3S. The van der Waals surface area contributed by atoms with Crippen LogP contribution in [-0.4, -0.2) is 34.8 Å². The van der Waals surface area contributed by atoms with Crippen LogP contribution in [-0.2, 0) is 28.7 Å². The third kappa shape index (κ3) is 6.29. The number of carbonyl (C=O) groups is 1. The fraction of sp³-hybridized carbons (Fsp3) is 0.214. The van der Waals surface area contributed by atoms with E-state index in [0.29, 0.717) is 11.3 Å². The molecule has 0 aliphatic carbocycles. The van der Waals surface area contributed by atoms with Crippen LogP contribution >= 0.6 is 0 Å². The summed E-state index contributed by atoms with van der Waals surface area (Å²) in [6, 6.07) is 19.8. The summed E-state index contributed by atoms with van der Waals surface area (Å²) in [6.07, 6.45) is 1.45. The molecule has 0 saturated heterocycles. The maximum atomic E-state index is 13.8. The van der Waals surface area contributed by atoms with Crippen molar-refractivity contribution in [2.24, 2.45) is 0 Å². The molecule has 0 aliphatic rings. The lowest BCUT2D eigenvalue weighted by Gasteiger charge is -2.27. The molecule has 1 amide bonds. The Labute approximate surface area is 215 Å². The molecule has 0 radical (unpaired) electrons. The molecule has 0 bridgehead atoms. The fourth-order valence-electron chi connectivity index (χ4n) is 4.02. The minimum atomic E-state index is -3.91. The summed E-state index contributed by atoms with van der Waals surface area (Å²) in [4.78, 5) is 19.1. The molecule has 0 aliphatic heterocycles. The largest absolute Gasteiger partial charge is 0.330 e. The van der Waals surface area contributed by atoms with Gasteiger partial charge in [-0.1, -0.05) is 48.5 Å². The van der Waals surface area contributed by atoms with E-state index in [1.54, 1.807) is 15.5 Å². The average molecular weight is 524 g/mol. The number of imidazole rings is 1. The van der Waals surface area contributed by atoms with Crippen molar-refractivity contribution in [2.45, 2.75) is 43.9 Å². The van der Waals surface area contributed by atoms with Crippen molar-refractivity contribution in [1.29, 1.82) is 0 Å². The van der Waals surface area contributed by atoms with E-state index in [1.807, 2.05) is 44.2 Å². The molecule has 1 aromatic heterocycles.